The summed E-state index contributed by atoms with van der Waals surface area (Å²) in [6.07, 6.45) is 4.09. The lowest BCUT2D eigenvalue weighted by Crippen LogP contribution is -2.41. The van der Waals surface area contributed by atoms with Gasteiger partial charge < -0.3 is 5.32 Å². The average molecular weight is 302 g/mol. The second-order valence-corrected chi connectivity index (χ2v) is 6.79. The maximum absolute atomic E-state index is 4.31. The van der Waals surface area contributed by atoms with Crippen LogP contribution in [0, 0.1) is 13.8 Å². The van der Waals surface area contributed by atoms with Gasteiger partial charge in [0, 0.05) is 35.8 Å². The predicted molar refractivity (Wildman–Crippen MR) is 87.7 cm³/mol. The van der Waals surface area contributed by atoms with Crippen molar-refractivity contribution in [2.45, 2.75) is 39.3 Å². The number of nitrogens with one attached hydrogen (secondary N) is 1. The molecule has 5 heteroatoms. The third-order valence-electron chi connectivity index (χ3n) is 4.00. The van der Waals surface area contributed by atoms with E-state index in [4.69, 9.17) is 0 Å². The molecular formula is C16H22N4S. The molecule has 3 heterocycles. The number of rotatable bonds is 4. The molecule has 0 amide bonds. The van der Waals surface area contributed by atoms with E-state index in [1.165, 1.54) is 29.8 Å². The van der Waals surface area contributed by atoms with E-state index in [1.807, 2.05) is 24.3 Å². The number of aromatic nitrogens is 2. The topological polar surface area (TPSA) is 41.0 Å². The van der Waals surface area contributed by atoms with Crippen LogP contribution in [0.1, 0.15) is 29.0 Å². The molecule has 1 aliphatic heterocycles. The van der Waals surface area contributed by atoms with Gasteiger partial charge in [0.1, 0.15) is 12.1 Å². The first-order chi connectivity index (χ1) is 10.2. The molecule has 1 fully saturated rings. The molecule has 1 atom stereocenters. The van der Waals surface area contributed by atoms with Crippen LogP contribution in [0.2, 0.25) is 0 Å². The molecule has 112 valence electrons. The van der Waals surface area contributed by atoms with E-state index in [-0.39, 0.29) is 0 Å². The van der Waals surface area contributed by atoms with Crippen LogP contribution < -0.4 is 5.32 Å². The van der Waals surface area contributed by atoms with Gasteiger partial charge in [-0.3, -0.25) is 4.90 Å². The molecule has 1 aliphatic rings. The van der Waals surface area contributed by atoms with Gasteiger partial charge in [0.2, 0.25) is 0 Å². The standard InChI is InChI=1S/C16H22N4S/c1-12-5-7-21-15(12)10-20-6-3-4-14(9-20)19-16-8-13(2)17-11-18-16/h5,7-8,11,14H,3-4,6,9-10H2,1-2H3,(H,17,18,19). The molecule has 1 N–H and O–H groups in total. The summed E-state index contributed by atoms with van der Waals surface area (Å²) in [6, 6.07) is 4.71. The molecule has 0 radical (unpaired) electrons. The second kappa shape index (κ2) is 6.54. The lowest BCUT2D eigenvalue weighted by molar-refractivity contribution is 0.210. The summed E-state index contributed by atoms with van der Waals surface area (Å²) in [4.78, 5) is 12.5. The van der Waals surface area contributed by atoms with E-state index in [9.17, 15) is 0 Å². The molecule has 1 saturated heterocycles. The molecule has 1 unspecified atom stereocenters. The largest absolute Gasteiger partial charge is 0.366 e. The third-order valence-corrected chi connectivity index (χ3v) is 5.00. The molecular weight excluding hydrogens is 280 g/mol. The zero-order valence-electron chi connectivity index (χ0n) is 12.7. The minimum Gasteiger partial charge on any atom is -0.366 e. The molecule has 0 saturated carbocycles. The Morgan fingerprint density at radius 2 is 2.29 bits per heavy atom. The van der Waals surface area contributed by atoms with Crippen LogP contribution in [-0.4, -0.2) is 34.0 Å². The molecule has 4 nitrogen and oxygen atoms in total. The Kier molecular flexibility index (Phi) is 4.51. The lowest BCUT2D eigenvalue weighted by Gasteiger charge is -2.33. The highest BCUT2D eigenvalue weighted by Gasteiger charge is 2.20. The van der Waals surface area contributed by atoms with E-state index >= 15 is 0 Å². The van der Waals surface area contributed by atoms with Crippen molar-refractivity contribution in [3.8, 4) is 0 Å². The summed E-state index contributed by atoms with van der Waals surface area (Å²) in [5, 5.41) is 5.75. The van der Waals surface area contributed by atoms with Crippen molar-refractivity contribution in [2.24, 2.45) is 0 Å². The van der Waals surface area contributed by atoms with Crippen LogP contribution >= 0.6 is 11.3 Å². The molecule has 21 heavy (non-hydrogen) atoms. The average Bonchev–Trinajstić information content (AvgIpc) is 2.85. The molecule has 0 aliphatic carbocycles. The van der Waals surface area contributed by atoms with Gasteiger partial charge in [-0.15, -0.1) is 11.3 Å². The van der Waals surface area contributed by atoms with Crippen molar-refractivity contribution in [3.63, 3.8) is 0 Å². The van der Waals surface area contributed by atoms with Crippen LogP contribution in [0.15, 0.2) is 23.8 Å². The van der Waals surface area contributed by atoms with Gasteiger partial charge in [-0.1, -0.05) is 0 Å². The second-order valence-electron chi connectivity index (χ2n) is 5.79. The molecule has 2 aromatic heterocycles. The Balaban J connectivity index is 1.59. The van der Waals surface area contributed by atoms with E-state index in [1.54, 1.807) is 6.33 Å². The summed E-state index contributed by atoms with van der Waals surface area (Å²) in [5.74, 6) is 0.946. The fraction of sp³-hybridized carbons (Fsp3) is 0.500. The predicted octanol–water partition coefficient (Wildman–Crippen LogP) is 3.23. The van der Waals surface area contributed by atoms with Gasteiger partial charge in [-0.05, 0) is 50.2 Å². The Bertz CT molecular complexity index is 595. The summed E-state index contributed by atoms with van der Waals surface area (Å²) in [6.45, 7) is 7.55. The van der Waals surface area contributed by atoms with Crippen LogP contribution in [0.25, 0.3) is 0 Å². The number of likely N-dealkylation sites (tertiary alicyclic amines) is 1. The lowest BCUT2D eigenvalue weighted by atomic mass is 10.1. The first-order valence-electron chi connectivity index (χ1n) is 7.51. The third kappa shape index (κ3) is 3.80. The van der Waals surface area contributed by atoms with E-state index in [0.29, 0.717) is 6.04 Å². The fourth-order valence-electron chi connectivity index (χ4n) is 2.83. The Hall–Kier alpha value is -1.46. The van der Waals surface area contributed by atoms with Crippen molar-refractivity contribution in [2.75, 3.05) is 18.4 Å². The van der Waals surface area contributed by atoms with Crippen LogP contribution in [-0.2, 0) is 6.54 Å². The first kappa shape index (κ1) is 14.5. The Labute approximate surface area is 130 Å². The monoisotopic (exact) mass is 302 g/mol. The Morgan fingerprint density at radius 1 is 1.38 bits per heavy atom. The summed E-state index contributed by atoms with van der Waals surface area (Å²) in [7, 11) is 0. The van der Waals surface area contributed by atoms with Crippen molar-refractivity contribution in [3.05, 3.63) is 40.0 Å². The van der Waals surface area contributed by atoms with Gasteiger partial charge in [0.25, 0.3) is 0 Å². The molecule has 0 bridgehead atoms. The van der Waals surface area contributed by atoms with E-state index in [0.717, 1.165) is 24.6 Å². The van der Waals surface area contributed by atoms with Crippen LogP contribution in [0.4, 0.5) is 5.82 Å². The molecule has 0 aromatic carbocycles. The number of thiophene rings is 1. The summed E-state index contributed by atoms with van der Waals surface area (Å²) in [5.41, 5.74) is 2.43. The quantitative estimate of drug-likeness (QED) is 0.941. The highest BCUT2D eigenvalue weighted by molar-refractivity contribution is 7.10. The van der Waals surface area contributed by atoms with Crippen LogP contribution in [0.5, 0.6) is 0 Å². The van der Waals surface area contributed by atoms with Crippen molar-refractivity contribution in [1.29, 1.82) is 0 Å². The number of anilines is 1. The van der Waals surface area contributed by atoms with Crippen LogP contribution in [0.3, 0.4) is 0 Å². The maximum atomic E-state index is 4.31. The summed E-state index contributed by atoms with van der Waals surface area (Å²) >= 11 is 1.87. The molecule has 3 rings (SSSR count). The number of hydrogen-bond donors (Lipinski definition) is 1. The smallest absolute Gasteiger partial charge is 0.129 e. The zero-order valence-corrected chi connectivity index (χ0v) is 13.5. The minimum absolute atomic E-state index is 0.480. The first-order valence-corrected chi connectivity index (χ1v) is 8.39. The van der Waals surface area contributed by atoms with E-state index in [2.05, 4.69) is 38.6 Å². The van der Waals surface area contributed by atoms with Gasteiger partial charge >= 0.3 is 0 Å². The minimum atomic E-state index is 0.480. The van der Waals surface area contributed by atoms with Crippen molar-refractivity contribution in [1.82, 2.24) is 14.9 Å². The SMILES string of the molecule is Cc1cc(NC2CCCN(Cc3sccc3C)C2)ncn1. The summed E-state index contributed by atoms with van der Waals surface area (Å²) < 4.78 is 0. The van der Waals surface area contributed by atoms with Gasteiger partial charge in [0.05, 0.1) is 0 Å². The number of hydrogen-bond acceptors (Lipinski definition) is 5. The van der Waals surface area contributed by atoms with Gasteiger partial charge in [0.15, 0.2) is 0 Å². The zero-order chi connectivity index (χ0) is 14.7. The Morgan fingerprint density at radius 3 is 3.05 bits per heavy atom. The fourth-order valence-corrected chi connectivity index (χ4v) is 3.78. The molecule has 0 spiro atoms. The van der Waals surface area contributed by atoms with Crippen molar-refractivity contribution < 1.29 is 0 Å². The van der Waals surface area contributed by atoms with E-state index < -0.39 is 0 Å². The number of nitrogens with zero attached hydrogens (tertiary/aromatic N) is 3. The molecule has 2 aromatic rings. The highest BCUT2D eigenvalue weighted by Crippen LogP contribution is 2.21. The highest BCUT2D eigenvalue weighted by atomic mass is 32.1. The van der Waals surface area contributed by atoms with Crippen molar-refractivity contribution >= 4 is 17.2 Å². The maximum Gasteiger partial charge on any atom is 0.129 e. The van der Waals surface area contributed by atoms with Gasteiger partial charge in [-0.2, -0.15) is 0 Å². The number of piperidine rings is 1. The van der Waals surface area contributed by atoms with Gasteiger partial charge in [-0.25, -0.2) is 9.97 Å². The normalized spacial score (nSPS) is 19.6. The number of aryl methyl sites for hydroxylation is 2.